The van der Waals surface area contributed by atoms with E-state index in [1.54, 1.807) is 0 Å². The van der Waals surface area contributed by atoms with Gasteiger partial charge in [-0.05, 0) is 0 Å². The van der Waals surface area contributed by atoms with E-state index >= 15 is 0 Å². The fraction of sp³-hybridized carbons (Fsp3) is 1.00. The average Bonchev–Trinajstić information content (AvgIpc) is 1.37. The van der Waals surface area contributed by atoms with Gasteiger partial charge in [0.25, 0.3) is 0 Å². The van der Waals surface area contributed by atoms with E-state index in [1.807, 2.05) is 0 Å². The molecule has 0 fully saturated rings. The Morgan fingerprint density at radius 3 is 2.00 bits per heavy atom. The normalized spacial score (nSPS) is 7.75. The second-order valence-corrected chi connectivity index (χ2v) is 3.60. The zero-order valence-electron chi connectivity index (χ0n) is 3.12. The summed E-state index contributed by atoms with van der Waals surface area (Å²) in [5.41, 5.74) is 0. The Morgan fingerprint density at radius 1 is 1.75 bits per heavy atom. The first kappa shape index (κ1) is 4.94. The van der Waals surface area contributed by atoms with E-state index in [0.29, 0.717) is 0 Å². The molecule has 0 atom stereocenters. The van der Waals surface area contributed by atoms with Gasteiger partial charge in [-0.25, -0.2) is 0 Å². The zero-order chi connectivity index (χ0) is 3.41. The SMILES string of the molecule is CC[CH2][Hg+]. The number of hydrogen-bond acceptors (Lipinski definition) is 0. The van der Waals surface area contributed by atoms with Crippen molar-refractivity contribution >= 4 is 0 Å². The molecule has 4 heavy (non-hydrogen) atoms. The first-order valence-electron chi connectivity index (χ1n) is 1.71. The van der Waals surface area contributed by atoms with E-state index in [1.165, 1.54) is 10.4 Å². The summed E-state index contributed by atoms with van der Waals surface area (Å²) in [7, 11) is 0. The summed E-state index contributed by atoms with van der Waals surface area (Å²) in [6.07, 6.45) is 1.41. The molecule has 0 aromatic rings. The molecular weight excluding hydrogens is 237 g/mol. The van der Waals surface area contributed by atoms with Crippen LogP contribution >= 0.6 is 0 Å². The Bertz CT molecular complexity index is 5.25. The Labute approximate surface area is 43.6 Å². The number of hydrogen-bond donors (Lipinski definition) is 0. The van der Waals surface area contributed by atoms with Crippen LogP contribution in [0.25, 0.3) is 0 Å². The van der Waals surface area contributed by atoms with E-state index in [-0.39, 0.29) is 0 Å². The van der Waals surface area contributed by atoms with Crippen LogP contribution in [-0.2, 0) is 26.1 Å². The molecule has 0 radical (unpaired) electrons. The molecule has 0 aliphatic carbocycles. The summed E-state index contributed by atoms with van der Waals surface area (Å²) < 4.78 is 1.51. The van der Waals surface area contributed by atoms with Gasteiger partial charge in [0.15, 0.2) is 0 Å². The molecule has 1 heteroatoms. The third-order valence-electron chi connectivity index (χ3n) is 0.354. The van der Waals surface area contributed by atoms with Crippen molar-refractivity contribution in [3.8, 4) is 0 Å². The number of rotatable bonds is 1. The fourth-order valence-corrected chi connectivity index (χ4v) is 0. The van der Waals surface area contributed by atoms with E-state index in [0.717, 1.165) is 26.1 Å². The molecule has 20 valence electrons. The van der Waals surface area contributed by atoms with Crippen LogP contribution in [0.1, 0.15) is 13.3 Å². The summed E-state index contributed by atoms with van der Waals surface area (Å²) in [4.78, 5) is 0. The van der Waals surface area contributed by atoms with Crippen molar-refractivity contribution in [2.45, 2.75) is 17.3 Å². The molecule has 0 bridgehead atoms. The van der Waals surface area contributed by atoms with Gasteiger partial charge in [0, 0.05) is 0 Å². The molecule has 0 rings (SSSR count). The molecule has 0 aliphatic heterocycles. The summed E-state index contributed by atoms with van der Waals surface area (Å²) in [6.45, 7) is 2.23. The predicted octanol–water partition coefficient (Wildman–Crippen LogP) is 1.36. The van der Waals surface area contributed by atoms with Gasteiger partial charge in [0.2, 0.25) is 0 Å². The molecular formula is C3H7Hg+. The van der Waals surface area contributed by atoms with Crippen molar-refractivity contribution in [2.24, 2.45) is 0 Å². The molecule has 0 aromatic carbocycles. The quantitative estimate of drug-likeness (QED) is 0.610. The molecule has 0 aliphatic rings. The van der Waals surface area contributed by atoms with Gasteiger partial charge >= 0.3 is 43.4 Å². The van der Waals surface area contributed by atoms with Gasteiger partial charge < -0.3 is 0 Å². The molecule has 0 nitrogen and oxygen atoms in total. The van der Waals surface area contributed by atoms with Gasteiger partial charge in [0.05, 0.1) is 0 Å². The van der Waals surface area contributed by atoms with Crippen molar-refractivity contribution in [3.05, 3.63) is 0 Å². The maximum atomic E-state index is 2.23. The first-order chi connectivity index (χ1) is 1.91. The van der Waals surface area contributed by atoms with Crippen LogP contribution in [0, 0.1) is 0 Å². The van der Waals surface area contributed by atoms with E-state index in [4.69, 9.17) is 0 Å². The predicted molar refractivity (Wildman–Crippen MR) is 15.1 cm³/mol. The van der Waals surface area contributed by atoms with Crippen molar-refractivity contribution < 1.29 is 26.1 Å². The monoisotopic (exact) mass is 245 g/mol. The molecule has 0 saturated heterocycles. The van der Waals surface area contributed by atoms with Crippen LogP contribution in [0.2, 0.25) is 3.93 Å². The summed E-state index contributed by atoms with van der Waals surface area (Å²) in [6, 6.07) is 0. The van der Waals surface area contributed by atoms with E-state index in [2.05, 4.69) is 6.92 Å². The molecule has 0 saturated carbocycles. The molecule has 0 unspecified atom stereocenters. The Balaban J connectivity index is 1.97. The summed E-state index contributed by atoms with van der Waals surface area (Å²) >= 11 is 1.07. The van der Waals surface area contributed by atoms with Crippen LogP contribution in [0.3, 0.4) is 0 Å². The van der Waals surface area contributed by atoms with Crippen LogP contribution in [0.15, 0.2) is 0 Å². The van der Waals surface area contributed by atoms with Crippen LogP contribution in [0.5, 0.6) is 0 Å². The molecule has 0 N–H and O–H groups in total. The standard InChI is InChI=1S/C3H7.Hg/c1-3-2;/h1,3H2,2H3;/q;+1. The molecule has 0 aromatic heterocycles. The molecule has 0 amide bonds. The van der Waals surface area contributed by atoms with Crippen molar-refractivity contribution in [2.75, 3.05) is 0 Å². The first-order valence-corrected chi connectivity index (χ1v) is 5.59. The molecule has 0 spiro atoms. The topological polar surface area (TPSA) is 0 Å². The van der Waals surface area contributed by atoms with E-state index < -0.39 is 0 Å². The second kappa shape index (κ2) is 3.94. The maximum absolute atomic E-state index is 2.23. The fourth-order valence-electron chi connectivity index (χ4n) is 0. The van der Waals surface area contributed by atoms with Gasteiger partial charge in [-0.2, -0.15) is 0 Å². The van der Waals surface area contributed by atoms with Crippen molar-refractivity contribution in [1.82, 2.24) is 0 Å². The average molecular weight is 244 g/mol. The van der Waals surface area contributed by atoms with Crippen LogP contribution in [-0.4, -0.2) is 0 Å². The van der Waals surface area contributed by atoms with Crippen molar-refractivity contribution in [1.29, 1.82) is 0 Å². The minimum atomic E-state index is 1.07. The van der Waals surface area contributed by atoms with E-state index in [9.17, 15) is 0 Å². The zero-order valence-corrected chi connectivity index (χ0v) is 8.62. The van der Waals surface area contributed by atoms with Crippen LogP contribution in [0.4, 0.5) is 0 Å². The van der Waals surface area contributed by atoms with Gasteiger partial charge in [-0.3, -0.25) is 0 Å². The third-order valence-corrected chi connectivity index (χ3v) is 3.10. The summed E-state index contributed by atoms with van der Waals surface area (Å²) in [5, 5.41) is 0. The van der Waals surface area contributed by atoms with Crippen LogP contribution < -0.4 is 0 Å². The Morgan fingerprint density at radius 2 is 2.00 bits per heavy atom. The van der Waals surface area contributed by atoms with Gasteiger partial charge in [-0.15, -0.1) is 0 Å². The van der Waals surface area contributed by atoms with Crippen molar-refractivity contribution in [3.63, 3.8) is 0 Å². The second-order valence-electron chi connectivity index (χ2n) is 0.854. The Kier molecular flexibility index (Phi) is 4.85. The summed E-state index contributed by atoms with van der Waals surface area (Å²) in [5.74, 6) is 0. The molecule has 0 heterocycles. The minimum absolute atomic E-state index is 1.07. The van der Waals surface area contributed by atoms with Gasteiger partial charge in [0.1, 0.15) is 0 Å². The van der Waals surface area contributed by atoms with Gasteiger partial charge in [-0.1, -0.05) is 0 Å². The Hall–Kier alpha value is 0.935. The third kappa shape index (κ3) is 2.94.